The Labute approximate surface area is 190 Å². The highest BCUT2D eigenvalue weighted by Crippen LogP contribution is 2.31. The number of hydrogen-bond acceptors (Lipinski definition) is 6. The molecule has 8 nitrogen and oxygen atoms in total. The van der Waals surface area contributed by atoms with E-state index in [-0.39, 0.29) is 35.6 Å². The molecule has 0 radical (unpaired) electrons. The van der Waals surface area contributed by atoms with E-state index in [9.17, 15) is 13.2 Å². The predicted molar refractivity (Wildman–Crippen MR) is 121 cm³/mol. The molecule has 2 saturated heterocycles. The lowest BCUT2D eigenvalue weighted by atomic mass is 10.2. The molecule has 0 aliphatic carbocycles. The first-order valence-electron chi connectivity index (χ1n) is 10.9. The Balaban J connectivity index is 1.83. The van der Waals surface area contributed by atoms with E-state index in [0.717, 1.165) is 39.0 Å². The number of carbonyl (C=O) groups excluding carboxylic acids is 1. The summed E-state index contributed by atoms with van der Waals surface area (Å²) < 4.78 is 34.1. The highest BCUT2D eigenvalue weighted by molar-refractivity contribution is 7.89. The summed E-state index contributed by atoms with van der Waals surface area (Å²) in [5.41, 5.74) is 0. The first kappa shape index (κ1) is 24.3. The molecule has 2 aliphatic heterocycles. The highest BCUT2D eigenvalue weighted by Gasteiger charge is 2.34. The van der Waals surface area contributed by atoms with Gasteiger partial charge in [0.15, 0.2) is 0 Å². The van der Waals surface area contributed by atoms with E-state index < -0.39 is 10.0 Å². The molecule has 0 spiro atoms. The number of sulfonamides is 1. The van der Waals surface area contributed by atoms with Crippen LogP contribution in [0.2, 0.25) is 5.02 Å². The fourth-order valence-electron chi connectivity index (χ4n) is 4.35. The molecule has 0 saturated carbocycles. The number of rotatable bonds is 9. The second kappa shape index (κ2) is 11.0. The maximum Gasteiger partial charge on any atom is 0.246 e. The number of halogens is 1. The molecule has 31 heavy (non-hydrogen) atoms. The number of piperazine rings is 1. The molecule has 0 bridgehead atoms. The molecule has 10 heteroatoms. The molecular formula is C21H33ClN4O4S. The van der Waals surface area contributed by atoms with Crippen LogP contribution in [0.5, 0.6) is 5.75 Å². The molecule has 2 heterocycles. The topological polar surface area (TPSA) is 82.2 Å². The standard InChI is InChI=1S/C21H33ClN4O4S/c1-3-24-11-4-5-18(24)16-26(12-8-21(27)25-13-9-23-10-14-25)31(28,29)20-15-17(22)6-7-19(20)30-2/h6-7,15,18,23H,3-5,8-14,16H2,1-2H3. The van der Waals surface area contributed by atoms with Crippen LogP contribution in [0.1, 0.15) is 26.2 Å². The van der Waals surface area contributed by atoms with Gasteiger partial charge in [-0.25, -0.2) is 8.42 Å². The van der Waals surface area contributed by atoms with E-state index in [4.69, 9.17) is 16.3 Å². The maximum atomic E-state index is 13.7. The van der Waals surface area contributed by atoms with Crippen molar-refractivity contribution in [3.63, 3.8) is 0 Å². The number of amides is 1. The summed E-state index contributed by atoms with van der Waals surface area (Å²) in [5, 5.41) is 3.55. The molecule has 1 aromatic rings. The van der Waals surface area contributed by atoms with E-state index in [1.165, 1.54) is 17.5 Å². The van der Waals surface area contributed by atoms with Gasteiger partial charge < -0.3 is 15.0 Å². The molecule has 1 amide bonds. The molecule has 1 N–H and O–H groups in total. The van der Waals surface area contributed by atoms with Crippen molar-refractivity contribution >= 4 is 27.5 Å². The quantitative estimate of drug-likeness (QED) is 0.588. The van der Waals surface area contributed by atoms with Gasteiger partial charge in [-0.2, -0.15) is 4.31 Å². The van der Waals surface area contributed by atoms with Crippen LogP contribution in [-0.4, -0.2) is 93.9 Å². The van der Waals surface area contributed by atoms with Crippen LogP contribution in [0.25, 0.3) is 0 Å². The molecule has 174 valence electrons. The van der Waals surface area contributed by atoms with Gasteiger partial charge in [-0.15, -0.1) is 0 Å². The zero-order valence-electron chi connectivity index (χ0n) is 18.3. The summed E-state index contributed by atoms with van der Waals surface area (Å²) in [7, 11) is -2.46. The number of nitrogens with one attached hydrogen (secondary N) is 1. The lowest BCUT2D eigenvalue weighted by Crippen LogP contribution is -2.48. The van der Waals surface area contributed by atoms with Gasteiger partial charge in [0, 0.05) is 56.8 Å². The Bertz CT molecular complexity index is 861. The van der Waals surface area contributed by atoms with Crippen LogP contribution >= 0.6 is 11.6 Å². The van der Waals surface area contributed by atoms with Gasteiger partial charge in [0.1, 0.15) is 10.6 Å². The molecule has 1 atom stereocenters. The largest absolute Gasteiger partial charge is 0.495 e. The van der Waals surface area contributed by atoms with Crippen molar-refractivity contribution in [3.05, 3.63) is 23.2 Å². The second-order valence-electron chi connectivity index (χ2n) is 7.96. The van der Waals surface area contributed by atoms with E-state index in [0.29, 0.717) is 24.7 Å². The summed E-state index contributed by atoms with van der Waals surface area (Å²) in [6, 6.07) is 4.73. The van der Waals surface area contributed by atoms with Crippen LogP contribution in [0.3, 0.4) is 0 Å². The molecule has 3 rings (SSSR count). The monoisotopic (exact) mass is 472 g/mol. The van der Waals surface area contributed by atoms with Gasteiger partial charge >= 0.3 is 0 Å². The lowest BCUT2D eigenvalue weighted by Gasteiger charge is -2.31. The fraction of sp³-hybridized carbons (Fsp3) is 0.667. The van der Waals surface area contributed by atoms with Gasteiger partial charge in [-0.05, 0) is 44.1 Å². The Morgan fingerprint density at radius 1 is 1.29 bits per heavy atom. The minimum absolute atomic E-state index is 0.0153. The Morgan fingerprint density at radius 3 is 2.71 bits per heavy atom. The van der Waals surface area contributed by atoms with Crippen molar-refractivity contribution in [2.24, 2.45) is 0 Å². The summed E-state index contributed by atoms with van der Waals surface area (Å²) in [5.74, 6) is 0.236. The van der Waals surface area contributed by atoms with Gasteiger partial charge in [-0.1, -0.05) is 18.5 Å². The minimum atomic E-state index is -3.90. The normalized spacial score (nSPS) is 20.4. The third-order valence-electron chi connectivity index (χ3n) is 6.11. The number of ether oxygens (including phenoxy) is 1. The lowest BCUT2D eigenvalue weighted by molar-refractivity contribution is -0.131. The van der Waals surface area contributed by atoms with Gasteiger partial charge in [0.25, 0.3) is 0 Å². The highest BCUT2D eigenvalue weighted by atomic mass is 35.5. The van der Waals surface area contributed by atoms with Crippen molar-refractivity contribution in [2.75, 3.05) is 59.5 Å². The average molecular weight is 473 g/mol. The Hall–Kier alpha value is -1.39. The van der Waals surface area contributed by atoms with E-state index in [1.54, 1.807) is 17.0 Å². The van der Waals surface area contributed by atoms with Crippen LogP contribution in [0.4, 0.5) is 0 Å². The predicted octanol–water partition coefficient (Wildman–Crippen LogP) is 1.65. The fourth-order valence-corrected chi connectivity index (χ4v) is 6.24. The van der Waals surface area contributed by atoms with Crippen molar-refractivity contribution in [3.8, 4) is 5.75 Å². The zero-order chi connectivity index (χ0) is 22.4. The van der Waals surface area contributed by atoms with Crippen LogP contribution in [0, 0.1) is 0 Å². The Morgan fingerprint density at radius 2 is 2.03 bits per heavy atom. The number of carbonyl (C=O) groups is 1. The Kier molecular flexibility index (Phi) is 8.58. The van der Waals surface area contributed by atoms with Crippen molar-refractivity contribution in [1.82, 2.24) is 19.4 Å². The molecule has 0 aromatic heterocycles. The number of nitrogens with zero attached hydrogens (tertiary/aromatic N) is 3. The number of hydrogen-bond donors (Lipinski definition) is 1. The summed E-state index contributed by atoms with van der Waals surface area (Å²) in [6.07, 6.45) is 2.14. The molecular weight excluding hydrogens is 440 g/mol. The van der Waals surface area contributed by atoms with Gasteiger partial charge in [-0.3, -0.25) is 9.69 Å². The molecule has 1 aromatic carbocycles. The molecule has 2 fully saturated rings. The number of benzene rings is 1. The molecule has 2 aliphatic rings. The molecule has 1 unspecified atom stereocenters. The first-order chi connectivity index (χ1) is 14.9. The van der Waals surface area contributed by atoms with E-state index in [1.807, 2.05) is 0 Å². The van der Waals surface area contributed by atoms with E-state index in [2.05, 4.69) is 17.1 Å². The van der Waals surface area contributed by atoms with Gasteiger partial charge in [0.05, 0.1) is 7.11 Å². The second-order valence-corrected chi connectivity index (χ2v) is 10.3. The van der Waals surface area contributed by atoms with Crippen LogP contribution in [0.15, 0.2) is 23.1 Å². The van der Waals surface area contributed by atoms with Gasteiger partial charge in [0.2, 0.25) is 15.9 Å². The number of likely N-dealkylation sites (tertiary alicyclic amines) is 1. The third-order valence-corrected chi connectivity index (χ3v) is 8.23. The first-order valence-corrected chi connectivity index (χ1v) is 12.7. The zero-order valence-corrected chi connectivity index (χ0v) is 19.9. The van der Waals surface area contributed by atoms with Crippen molar-refractivity contribution in [2.45, 2.75) is 37.1 Å². The SMILES string of the molecule is CCN1CCCC1CN(CCC(=O)N1CCNCC1)S(=O)(=O)c1cc(Cl)ccc1OC. The summed E-state index contributed by atoms with van der Waals surface area (Å²) in [6.45, 7) is 7.25. The third kappa shape index (κ3) is 5.90. The van der Waals surface area contributed by atoms with Crippen LogP contribution in [-0.2, 0) is 14.8 Å². The average Bonchev–Trinajstić information content (AvgIpc) is 3.24. The summed E-state index contributed by atoms with van der Waals surface area (Å²) in [4.78, 5) is 16.9. The van der Waals surface area contributed by atoms with Crippen LogP contribution < -0.4 is 10.1 Å². The van der Waals surface area contributed by atoms with Crippen molar-refractivity contribution < 1.29 is 17.9 Å². The number of methoxy groups -OCH3 is 1. The minimum Gasteiger partial charge on any atom is -0.495 e. The maximum absolute atomic E-state index is 13.7. The number of likely N-dealkylation sites (N-methyl/N-ethyl adjacent to an activating group) is 1. The van der Waals surface area contributed by atoms with E-state index >= 15 is 0 Å². The smallest absolute Gasteiger partial charge is 0.246 e. The summed E-state index contributed by atoms with van der Waals surface area (Å²) >= 11 is 6.12. The van der Waals surface area contributed by atoms with Crippen molar-refractivity contribution in [1.29, 1.82) is 0 Å².